The molecule has 4 aromatic rings. The van der Waals surface area contributed by atoms with E-state index in [2.05, 4.69) is 20.2 Å². The quantitative estimate of drug-likeness (QED) is 0.452. The number of aliphatic hydroxyl groups excluding tert-OH is 1. The van der Waals surface area contributed by atoms with E-state index in [1.165, 1.54) is 0 Å². The molecule has 170 valence electrons. The second-order valence-corrected chi connectivity index (χ2v) is 8.60. The van der Waals surface area contributed by atoms with E-state index < -0.39 is 6.10 Å². The fourth-order valence-electron chi connectivity index (χ4n) is 4.56. The number of fused-ring (bicyclic) bond motifs is 2. The summed E-state index contributed by atoms with van der Waals surface area (Å²) < 4.78 is 5.36. The number of pyridine rings is 1. The number of β-amino-alcohol motifs (C(OH)–C–C–N with tert-alkyl or cyclic N) is 1. The van der Waals surface area contributed by atoms with Crippen molar-refractivity contribution in [1.29, 1.82) is 0 Å². The second kappa shape index (κ2) is 9.79. The van der Waals surface area contributed by atoms with Gasteiger partial charge in [0.25, 0.3) is 0 Å². The van der Waals surface area contributed by atoms with E-state index in [1.807, 2.05) is 54.7 Å². The van der Waals surface area contributed by atoms with E-state index >= 15 is 0 Å². The Kier molecular flexibility index (Phi) is 6.44. The minimum Gasteiger partial charge on any atom is -0.497 e. The third kappa shape index (κ3) is 4.95. The van der Waals surface area contributed by atoms with Crippen molar-refractivity contribution in [3.63, 3.8) is 0 Å². The molecular formula is C26H29N5O2. The highest BCUT2D eigenvalue weighted by Crippen LogP contribution is 2.27. The fraction of sp³-hybridized carbons (Fsp3) is 0.346. The zero-order valence-corrected chi connectivity index (χ0v) is 18.8. The standard InChI is InChI=1S/C26H29N5O2/c1-33-20-6-7-23-22(14-20)21(8-11-27-23)26(32)17-31-12-9-18(10-13-31)28-15-19-16-29-24-4-2-3-5-25(24)30-19/h2-8,11,14,16,18,26,28,32H,9-10,12-13,15,17H2,1H3/t26-/m0/s1. The van der Waals surface area contributed by atoms with Crippen LogP contribution in [0.1, 0.15) is 30.2 Å². The van der Waals surface area contributed by atoms with Crippen molar-refractivity contribution in [2.45, 2.75) is 31.5 Å². The van der Waals surface area contributed by atoms with Crippen LogP contribution in [-0.4, -0.2) is 57.7 Å². The summed E-state index contributed by atoms with van der Waals surface area (Å²) in [6.07, 6.45) is 5.13. The van der Waals surface area contributed by atoms with Crippen LogP contribution in [0.4, 0.5) is 0 Å². The number of nitrogens with one attached hydrogen (secondary N) is 1. The SMILES string of the molecule is COc1ccc2nccc([C@@H](O)CN3CCC(NCc4cnc5ccccc5n4)CC3)c2c1. The molecule has 7 nitrogen and oxygen atoms in total. The van der Waals surface area contributed by atoms with E-state index in [4.69, 9.17) is 9.72 Å². The highest BCUT2D eigenvalue weighted by Gasteiger charge is 2.22. The predicted octanol–water partition coefficient (Wildman–Crippen LogP) is 3.47. The molecule has 1 saturated heterocycles. The Morgan fingerprint density at radius 3 is 2.70 bits per heavy atom. The second-order valence-electron chi connectivity index (χ2n) is 8.60. The van der Waals surface area contributed by atoms with Crippen molar-refractivity contribution in [2.24, 2.45) is 0 Å². The van der Waals surface area contributed by atoms with Gasteiger partial charge in [-0.25, -0.2) is 4.98 Å². The highest BCUT2D eigenvalue weighted by molar-refractivity contribution is 5.83. The van der Waals surface area contributed by atoms with Crippen LogP contribution in [0.3, 0.4) is 0 Å². The van der Waals surface area contributed by atoms with Gasteiger partial charge >= 0.3 is 0 Å². The van der Waals surface area contributed by atoms with E-state index in [-0.39, 0.29) is 0 Å². The maximum atomic E-state index is 11.0. The summed E-state index contributed by atoms with van der Waals surface area (Å²) in [4.78, 5) is 16.0. The maximum Gasteiger partial charge on any atom is 0.119 e. The Balaban J connectivity index is 1.15. The molecule has 0 amide bonds. The monoisotopic (exact) mass is 443 g/mol. The molecule has 1 aliphatic rings. The lowest BCUT2D eigenvalue weighted by Gasteiger charge is -2.33. The first-order valence-electron chi connectivity index (χ1n) is 11.5. The Bertz CT molecular complexity index is 1240. The number of para-hydroxylation sites is 2. The summed E-state index contributed by atoms with van der Waals surface area (Å²) in [7, 11) is 1.65. The molecule has 0 unspecified atom stereocenters. The van der Waals surface area contributed by atoms with Crippen LogP contribution in [-0.2, 0) is 6.54 Å². The first-order valence-corrected chi connectivity index (χ1v) is 11.5. The van der Waals surface area contributed by atoms with E-state index in [1.54, 1.807) is 13.3 Å². The molecule has 2 N–H and O–H groups in total. The van der Waals surface area contributed by atoms with E-state index in [0.717, 1.165) is 71.4 Å². The number of ether oxygens (including phenoxy) is 1. The minimum atomic E-state index is -0.569. The highest BCUT2D eigenvalue weighted by atomic mass is 16.5. The number of benzene rings is 2. The summed E-state index contributed by atoms with van der Waals surface area (Å²) in [5.74, 6) is 0.770. The van der Waals surface area contributed by atoms with E-state index in [9.17, 15) is 5.11 Å². The largest absolute Gasteiger partial charge is 0.497 e. The van der Waals surface area contributed by atoms with Gasteiger partial charge < -0.3 is 20.1 Å². The minimum absolute atomic E-state index is 0.442. The average Bonchev–Trinajstić information content (AvgIpc) is 2.87. The summed E-state index contributed by atoms with van der Waals surface area (Å²) in [5, 5.41) is 15.6. The Morgan fingerprint density at radius 1 is 1.06 bits per heavy atom. The molecule has 1 fully saturated rings. The summed E-state index contributed by atoms with van der Waals surface area (Å²) >= 11 is 0. The molecule has 2 aromatic heterocycles. The van der Waals surface area contributed by atoms with Gasteiger partial charge in [0, 0.05) is 30.7 Å². The number of hydrogen-bond donors (Lipinski definition) is 2. The van der Waals surface area contributed by atoms with Crippen LogP contribution in [0.25, 0.3) is 21.9 Å². The molecule has 0 aliphatic carbocycles. The number of methoxy groups -OCH3 is 1. The summed E-state index contributed by atoms with van der Waals surface area (Å²) in [5.41, 5.74) is 4.59. The van der Waals surface area contributed by atoms with Crippen LogP contribution in [0.5, 0.6) is 5.75 Å². The van der Waals surface area contributed by atoms with Gasteiger partial charge in [-0.05, 0) is 67.9 Å². The van der Waals surface area contributed by atoms with E-state index in [0.29, 0.717) is 12.6 Å². The molecule has 3 heterocycles. The number of hydrogen-bond acceptors (Lipinski definition) is 7. The molecule has 1 atom stereocenters. The maximum absolute atomic E-state index is 11.0. The number of rotatable bonds is 7. The fourth-order valence-corrected chi connectivity index (χ4v) is 4.56. The number of nitrogens with zero attached hydrogens (tertiary/aromatic N) is 4. The average molecular weight is 444 g/mol. The third-order valence-corrected chi connectivity index (χ3v) is 6.43. The van der Waals surface area contributed by atoms with Crippen LogP contribution >= 0.6 is 0 Å². The first-order chi connectivity index (χ1) is 16.2. The van der Waals surface area contributed by atoms with Gasteiger partial charge in [0.05, 0.1) is 41.7 Å². The van der Waals surface area contributed by atoms with Crippen molar-refractivity contribution >= 4 is 21.9 Å². The number of piperidine rings is 1. The van der Waals surface area contributed by atoms with Crippen LogP contribution < -0.4 is 10.1 Å². The Morgan fingerprint density at radius 2 is 1.88 bits per heavy atom. The van der Waals surface area contributed by atoms with Gasteiger partial charge in [0.15, 0.2) is 0 Å². The molecule has 0 saturated carbocycles. The predicted molar refractivity (Wildman–Crippen MR) is 129 cm³/mol. The van der Waals surface area contributed by atoms with Crippen LogP contribution in [0, 0.1) is 0 Å². The van der Waals surface area contributed by atoms with Gasteiger partial charge in [0.1, 0.15) is 5.75 Å². The summed E-state index contributed by atoms with van der Waals surface area (Å²) in [6.45, 7) is 3.23. The molecule has 0 radical (unpaired) electrons. The Hall–Kier alpha value is -3.13. The van der Waals surface area contributed by atoms with Gasteiger partial charge in [-0.15, -0.1) is 0 Å². The smallest absolute Gasteiger partial charge is 0.119 e. The van der Waals surface area contributed by atoms with Gasteiger partial charge in [0.2, 0.25) is 0 Å². The zero-order chi connectivity index (χ0) is 22.6. The van der Waals surface area contributed by atoms with Gasteiger partial charge in [-0.1, -0.05) is 12.1 Å². The molecular weight excluding hydrogens is 414 g/mol. The number of aliphatic hydroxyl groups is 1. The van der Waals surface area contributed by atoms with Crippen molar-refractivity contribution in [1.82, 2.24) is 25.2 Å². The number of likely N-dealkylation sites (tertiary alicyclic amines) is 1. The molecule has 33 heavy (non-hydrogen) atoms. The Labute approximate surface area is 193 Å². The third-order valence-electron chi connectivity index (χ3n) is 6.43. The molecule has 1 aliphatic heterocycles. The van der Waals surface area contributed by atoms with Gasteiger partial charge in [-0.3, -0.25) is 9.97 Å². The van der Waals surface area contributed by atoms with Crippen LogP contribution in [0.2, 0.25) is 0 Å². The topological polar surface area (TPSA) is 83.4 Å². The lowest BCUT2D eigenvalue weighted by atomic mass is 10.0. The van der Waals surface area contributed by atoms with Crippen molar-refractivity contribution in [3.05, 3.63) is 72.2 Å². The van der Waals surface area contributed by atoms with Crippen molar-refractivity contribution in [2.75, 3.05) is 26.7 Å². The molecule has 0 spiro atoms. The molecule has 7 heteroatoms. The first kappa shape index (κ1) is 21.7. The van der Waals surface area contributed by atoms with Crippen LogP contribution in [0.15, 0.2) is 60.9 Å². The lowest BCUT2D eigenvalue weighted by molar-refractivity contribution is 0.0948. The van der Waals surface area contributed by atoms with Crippen molar-refractivity contribution in [3.8, 4) is 5.75 Å². The zero-order valence-electron chi connectivity index (χ0n) is 18.8. The number of aromatic nitrogens is 3. The molecule has 2 aromatic carbocycles. The summed E-state index contributed by atoms with van der Waals surface area (Å²) in [6, 6.07) is 16.1. The lowest BCUT2D eigenvalue weighted by Crippen LogP contribution is -2.43. The normalized spacial score (nSPS) is 16.3. The molecule has 0 bridgehead atoms. The van der Waals surface area contributed by atoms with Gasteiger partial charge in [-0.2, -0.15) is 0 Å². The van der Waals surface area contributed by atoms with Crippen molar-refractivity contribution < 1.29 is 9.84 Å². The molecule has 5 rings (SSSR count).